The highest BCUT2D eigenvalue weighted by atomic mass is 79.9. The van der Waals surface area contributed by atoms with Crippen molar-refractivity contribution < 1.29 is 14.2 Å². The number of benzene rings is 1. The molecular weight excluding hydrogens is 361 g/mol. The van der Waals surface area contributed by atoms with Gasteiger partial charge in [0.1, 0.15) is 5.82 Å². The number of hydrogen-bond acceptors (Lipinski definition) is 3. The van der Waals surface area contributed by atoms with E-state index >= 15 is 0 Å². The number of aliphatic hydroxyl groups is 1. The molecule has 0 bridgehead atoms. The van der Waals surface area contributed by atoms with Crippen molar-refractivity contribution in [2.24, 2.45) is 0 Å². The van der Waals surface area contributed by atoms with E-state index in [0.717, 1.165) is 12.8 Å². The average Bonchev–Trinajstić information content (AvgIpc) is 2.41. The van der Waals surface area contributed by atoms with Gasteiger partial charge in [0.15, 0.2) is 0 Å². The minimum Gasteiger partial charge on any atom is -0.389 e. The molecule has 3 nitrogen and oxygen atoms in total. The topological polar surface area (TPSA) is 41.5 Å². The molecule has 0 radical (unpaired) electrons. The van der Waals surface area contributed by atoms with Gasteiger partial charge in [-0.25, -0.2) is 4.39 Å². The van der Waals surface area contributed by atoms with Crippen LogP contribution in [0.5, 0.6) is 0 Å². The molecule has 1 atom stereocenters. The van der Waals surface area contributed by atoms with Gasteiger partial charge in [-0.2, -0.15) is 0 Å². The second-order valence-electron chi connectivity index (χ2n) is 4.91. The quantitative estimate of drug-likeness (QED) is 0.581. The number of ether oxygens (including phenoxy) is 1. The van der Waals surface area contributed by atoms with E-state index in [1.165, 1.54) is 25.0 Å². The zero-order valence-corrected chi connectivity index (χ0v) is 14.5. The van der Waals surface area contributed by atoms with Gasteiger partial charge in [-0.1, -0.05) is 37.8 Å². The van der Waals surface area contributed by atoms with Gasteiger partial charge in [0.05, 0.1) is 23.4 Å². The van der Waals surface area contributed by atoms with Crippen LogP contribution in [0.2, 0.25) is 5.02 Å². The molecule has 0 aliphatic rings. The van der Waals surface area contributed by atoms with Gasteiger partial charge >= 0.3 is 0 Å². The van der Waals surface area contributed by atoms with Crippen LogP contribution in [-0.4, -0.2) is 31.0 Å². The second-order valence-corrected chi connectivity index (χ2v) is 6.18. The maximum Gasteiger partial charge on any atom is 0.125 e. The van der Waals surface area contributed by atoms with E-state index in [2.05, 4.69) is 28.2 Å². The maximum absolute atomic E-state index is 13.1. The summed E-state index contributed by atoms with van der Waals surface area (Å²) in [5.74, 6) is -0.409. The van der Waals surface area contributed by atoms with Gasteiger partial charge < -0.3 is 15.2 Å². The molecule has 21 heavy (non-hydrogen) atoms. The standard InChI is InChI=1S/C15H22BrClFNO2/c1-2-3-4-5-6-21-10-12(20)9-19-15-13(16)7-11(18)8-14(15)17/h7-8,12,19-20H,2-6,9-10H2,1H3. The fourth-order valence-corrected chi connectivity index (χ4v) is 2.80. The predicted octanol–water partition coefficient (Wildman–Crippen LogP) is 4.61. The molecule has 0 heterocycles. The number of aliphatic hydroxyl groups excluding tert-OH is 1. The van der Waals surface area contributed by atoms with Crippen molar-refractivity contribution in [3.63, 3.8) is 0 Å². The molecule has 6 heteroatoms. The number of rotatable bonds is 10. The Morgan fingerprint density at radius 1 is 1.38 bits per heavy atom. The Morgan fingerprint density at radius 2 is 2.14 bits per heavy atom. The Morgan fingerprint density at radius 3 is 2.81 bits per heavy atom. The third-order valence-electron chi connectivity index (χ3n) is 2.97. The van der Waals surface area contributed by atoms with Crippen molar-refractivity contribution >= 4 is 33.2 Å². The van der Waals surface area contributed by atoms with Crippen molar-refractivity contribution in [2.75, 3.05) is 25.1 Å². The molecule has 0 saturated carbocycles. The van der Waals surface area contributed by atoms with Gasteiger partial charge in [0.2, 0.25) is 0 Å². The molecule has 1 rings (SSSR count). The summed E-state index contributed by atoms with van der Waals surface area (Å²) in [4.78, 5) is 0. The first-order valence-electron chi connectivity index (χ1n) is 7.18. The lowest BCUT2D eigenvalue weighted by Gasteiger charge is -2.15. The molecule has 2 N–H and O–H groups in total. The van der Waals surface area contributed by atoms with Crippen LogP contribution in [0.25, 0.3) is 0 Å². The minimum atomic E-state index is -0.635. The lowest BCUT2D eigenvalue weighted by Crippen LogP contribution is -2.25. The molecular formula is C15H22BrClFNO2. The van der Waals surface area contributed by atoms with Crippen molar-refractivity contribution in [3.05, 3.63) is 27.4 Å². The van der Waals surface area contributed by atoms with Crippen molar-refractivity contribution in [1.29, 1.82) is 0 Å². The molecule has 120 valence electrons. The summed E-state index contributed by atoms with van der Waals surface area (Å²) in [6.07, 6.45) is 3.95. The van der Waals surface area contributed by atoms with Gasteiger partial charge in [0.25, 0.3) is 0 Å². The number of hydrogen-bond donors (Lipinski definition) is 2. The van der Waals surface area contributed by atoms with Crippen LogP contribution in [0.3, 0.4) is 0 Å². The summed E-state index contributed by atoms with van der Waals surface area (Å²) in [5.41, 5.74) is 0.570. The third-order valence-corrected chi connectivity index (χ3v) is 3.90. The van der Waals surface area contributed by atoms with E-state index in [9.17, 15) is 9.50 Å². The summed E-state index contributed by atoms with van der Waals surface area (Å²) >= 11 is 9.18. The first kappa shape index (κ1) is 18.7. The minimum absolute atomic E-state index is 0.273. The summed E-state index contributed by atoms with van der Waals surface area (Å²) in [6.45, 7) is 3.39. The van der Waals surface area contributed by atoms with E-state index in [4.69, 9.17) is 16.3 Å². The van der Waals surface area contributed by atoms with Crippen LogP contribution in [0.15, 0.2) is 16.6 Å². The van der Waals surface area contributed by atoms with Gasteiger partial charge in [-0.05, 0) is 34.5 Å². The first-order valence-corrected chi connectivity index (χ1v) is 8.36. The zero-order chi connectivity index (χ0) is 15.7. The Balaban J connectivity index is 2.25. The Labute approximate surface area is 139 Å². The first-order chi connectivity index (χ1) is 10.0. The normalized spacial score (nSPS) is 12.4. The molecule has 0 aliphatic heterocycles. The fraction of sp³-hybridized carbons (Fsp3) is 0.600. The van der Waals surface area contributed by atoms with Gasteiger partial charge in [-0.15, -0.1) is 0 Å². The monoisotopic (exact) mass is 381 g/mol. The SMILES string of the molecule is CCCCCCOCC(O)CNc1c(Cl)cc(F)cc1Br. The number of nitrogens with one attached hydrogen (secondary N) is 1. The lowest BCUT2D eigenvalue weighted by molar-refractivity contribution is 0.0416. The number of anilines is 1. The summed E-state index contributed by atoms with van der Waals surface area (Å²) in [5, 5.41) is 13.1. The molecule has 0 saturated heterocycles. The van der Waals surface area contributed by atoms with Crippen LogP contribution in [0, 0.1) is 5.82 Å². The highest BCUT2D eigenvalue weighted by Crippen LogP contribution is 2.31. The Bertz CT molecular complexity index is 411. The highest BCUT2D eigenvalue weighted by molar-refractivity contribution is 9.10. The van der Waals surface area contributed by atoms with Crippen molar-refractivity contribution in [2.45, 2.75) is 38.7 Å². The molecule has 0 aliphatic carbocycles. The second kappa shape index (κ2) is 10.4. The van der Waals surface area contributed by atoms with Crippen LogP contribution < -0.4 is 5.32 Å². The van der Waals surface area contributed by atoms with Crippen LogP contribution >= 0.6 is 27.5 Å². The van der Waals surface area contributed by atoms with E-state index in [0.29, 0.717) is 23.3 Å². The summed E-state index contributed by atoms with van der Waals surface area (Å²) in [6, 6.07) is 2.55. The Hall–Kier alpha value is -0.360. The van der Waals surface area contributed by atoms with Gasteiger partial charge in [0, 0.05) is 17.6 Å². The maximum atomic E-state index is 13.1. The zero-order valence-electron chi connectivity index (χ0n) is 12.2. The van der Waals surface area contributed by atoms with E-state index in [1.807, 2.05) is 0 Å². The highest BCUT2D eigenvalue weighted by Gasteiger charge is 2.10. The molecule has 0 fully saturated rings. The van der Waals surface area contributed by atoms with Crippen molar-refractivity contribution in [3.8, 4) is 0 Å². The average molecular weight is 383 g/mol. The molecule has 0 amide bonds. The molecule has 1 aromatic rings. The van der Waals surface area contributed by atoms with Crippen LogP contribution in [0.4, 0.5) is 10.1 Å². The molecule has 0 spiro atoms. The van der Waals surface area contributed by atoms with Gasteiger partial charge in [-0.3, -0.25) is 0 Å². The predicted molar refractivity (Wildman–Crippen MR) is 88.6 cm³/mol. The molecule has 1 aromatic carbocycles. The summed E-state index contributed by atoms with van der Waals surface area (Å²) in [7, 11) is 0. The molecule has 0 aromatic heterocycles. The number of halogens is 3. The number of unbranched alkanes of at least 4 members (excludes halogenated alkanes) is 3. The van der Waals surface area contributed by atoms with Crippen LogP contribution in [0.1, 0.15) is 32.6 Å². The smallest absolute Gasteiger partial charge is 0.125 e. The summed E-state index contributed by atoms with van der Waals surface area (Å²) < 4.78 is 19.0. The van der Waals surface area contributed by atoms with Crippen molar-refractivity contribution in [1.82, 2.24) is 0 Å². The van der Waals surface area contributed by atoms with Crippen LogP contribution in [-0.2, 0) is 4.74 Å². The van der Waals surface area contributed by atoms with E-state index < -0.39 is 11.9 Å². The van der Waals surface area contributed by atoms with E-state index in [-0.39, 0.29) is 11.6 Å². The lowest BCUT2D eigenvalue weighted by atomic mass is 10.2. The van der Waals surface area contributed by atoms with E-state index in [1.54, 1.807) is 0 Å². The largest absolute Gasteiger partial charge is 0.389 e. The third kappa shape index (κ3) is 7.45. The fourth-order valence-electron chi connectivity index (χ4n) is 1.84. The molecule has 1 unspecified atom stereocenters. The Kier molecular flexibility index (Phi) is 9.24.